The molecule has 3 rings (SSSR count). The van der Waals surface area contributed by atoms with Gasteiger partial charge in [-0.2, -0.15) is 4.40 Å². The summed E-state index contributed by atoms with van der Waals surface area (Å²) in [5, 5.41) is 0. The SMILES string of the molecule is C/C(=N\S(=O)C(C)(C)C)c1cc(C(=O)OC(C)C)cn2c(=O)cc(N3CCOCC3)nc12.CC. The second-order valence-electron chi connectivity index (χ2n) is 8.88. The van der Waals surface area contributed by atoms with Gasteiger partial charge >= 0.3 is 5.97 Å². The van der Waals surface area contributed by atoms with Gasteiger partial charge in [-0.15, -0.1) is 0 Å². The average molecular weight is 493 g/mol. The number of hydrogen-bond donors (Lipinski definition) is 0. The Hall–Kier alpha value is -2.59. The molecule has 1 atom stereocenters. The molecule has 1 unspecified atom stereocenters. The van der Waals surface area contributed by atoms with Crippen LogP contribution >= 0.6 is 0 Å². The Morgan fingerprint density at radius 3 is 2.38 bits per heavy atom. The first-order chi connectivity index (χ1) is 16.0. The fourth-order valence-electron chi connectivity index (χ4n) is 3.12. The molecular weight excluding hydrogens is 456 g/mol. The van der Waals surface area contributed by atoms with Gasteiger partial charge in [-0.3, -0.25) is 9.20 Å². The van der Waals surface area contributed by atoms with Crippen molar-refractivity contribution in [1.82, 2.24) is 9.38 Å². The first kappa shape index (κ1) is 27.7. The van der Waals surface area contributed by atoms with Crippen molar-refractivity contribution in [3.8, 4) is 0 Å². The number of rotatable bonds is 5. The smallest absolute Gasteiger partial charge is 0.339 e. The van der Waals surface area contributed by atoms with Gasteiger partial charge in [0.05, 0.1) is 35.3 Å². The molecule has 1 aliphatic heterocycles. The van der Waals surface area contributed by atoms with E-state index in [-0.39, 0.29) is 17.2 Å². The quantitative estimate of drug-likeness (QED) is 0.466. The third-order valence-electron chi connectivity index (χ3n) is 4.79. The van der Waals surface area contributed by atoms with Gasteiger partial charge in [0, 0.05) is 30.9 Å². The summed E-state index contributed by atoms with van der Waals surface area (Å²) in [6.07, 6.45) is 1.11. The van der Waals surface area contributed by atoms with Crippen molar-refractivity contribution in [3.63, 3.8) is 0 Å². The normalized spacial score (nSPS) is 15.7. The standard InChI is InChI=1S/C22H30N4O5S.C2H6/c1-14(2)31-21(28)16-11-17(15(3)24-32(29)22(4,5)6)20-23-18(12-19(27)26(20)13-16)25-7-9-30-10-8-25;1-2/h11-14H,7-10H2,1-6H3;1-2H3/b24-15+;. The highest BCUT2D eigenvalue weighted by molar-refractivity contribution is 7.85. The van der Waals surface area contributed by atoms with E-state index in [0.717, 1.165) is 0 Å². The zero-order chi connectivity index (χ0) is 25.6. The lowest BCUT2D eigenvalue weighted by Crippen LogP contribution is -2.37. The highest BCUT2D eigenvalue weighted by Gasteiger charge is 2.22. The van der Waals surface area contributed by atoms with Crippen molar-refractivity contribution in [2.24, 2.45) is 4.40 Å². The van der Waals surface area contributed by atoms with E-state index in [1.54, 1.807) is 26.8 Å². The number of fused-ring (bicyclic) bond motifs is 1. The molecule has 1 fully saturated rings. The third kappa shape index (κ3) is 6.73. The lowest BCUT2D eigenvalue weighted by molar-refractivity contribution is 0.0377. The Kier molecular flexibility index (Phi) is 9.52. The number of esters is 1. The van der Waals surface area contributed by atoms with Crippen molar-refractivity contribution in [3.05, 3.63) is 39.8 Å². The Bertz CT molecular complexity index is 1130. The predicted molar refractivity (Wildman–Crippen MR) is 136 cm³/mol. The number of hydrogen-bond acceptors (Lipinski definition) is 7. The van der Waals surface area contributed by atoms with E-state index in [2.05, 4.69) is 4.40 Å². The van der Waals surface area contributed by atoms with Crippen LogP contribution in [0, 0.1) is 0 Å². The van der Waals surface area contributed by atoms with Gasteiger partial charge in [-0.25, -0.2) is 14.0 Å². The van der Waals surface area contributed by atoms with E-state index in [9.17, 15) is 13.8 Å². The highest BCUT2D eigenvalue weighted by atomic mass is 32.2. The van der Waals surface area contributed by atoms with Crippen LogP contribution < -0.4 is 10.5 Å². The van der Waals surface area contributed by atoms with Crippen molar-refractivity contribution in [2.45, 2.75) is 66.2 Å². The summed E-state index contributed by atoms with van der Waals surface area (Å²) in [4.78, 5) is 32.3. The molecule has 10 heteroatoms. The minimum absolute atomic E-state index is 0.195. The van der Waals surface area contributed by atoms with Crippen LogP contribution in [-0.2, 0) is 20.5 Å². The molecule has 0 saturated carbocycles. The van der Waals surface area contributed by atoms with Gasteiger partial charge in [0.25, 0.3) is 5.56 Å². The van der Waals surface area contributed by atoms with Crippen LogP contribution in [0.1, 0.15) is 71.3 Å². The van der Waals surface area contributed by atoms with E-state index >= 15 is 0 Å². The number of carbonyl (C=O) groups is 1. The van der Waals surface area contributed by atoms with Gasteiger partial charge in [-0.05, 0) is 47.6 Å². The van der Waals surface area contributed by atoms with Crippen LogP contribution in [0.4, 0.5) is 5.82 Å². The predicted octanol–water partition coefficient (Wildman–Crippen LogP) is 3.39. The summed E-state index contributed by atoms with van der Waals surface area (Å²) >= 11 is 0. The number of morpholine rings is 1. The van der Waals surface area contributed by atoms with Crippen molar-refractivity contribution in [1.29, 1.82) is 0 Å². The molecule has 188 valence electrons. The summed E-state index contributed by atoms with van der Waals surface area (Å²) in [6.45, 7) is 17.0. The number of aromatic nitrogens is 2. The average Bonchev–Trinajstić information content (AvgIpc) is 2.79. The zero-order valence-electron chi connectivity index (χ0n) is 21.4. The van der Waals surface area contributed by atoms with Crippen LogP contribution in [-0.4, -0.2) is 62.4 Å². The molecule has 0 aliphatic carbocycles. The maximum Gasteiger partial charge on any atom is 0.339 e. The molecule has 0 amide bonds. The summed E-state index contributed by atoms with van der Waals surface area (Å²) < 4.78 is 28.5. The van der Waals surface area contributed by atoms with Gasteiger partial charge < -0.3 is 14.4 Å². The Morgan fingerprint density at radius 2 is 1.82 bits per heavy atom. The van der Waals surface area contributed by atoms with Gasteiger partial charge in [0.2, 0.25) is 0 Å². The summed E-state index contributed by atoms with van der Waals surface area (Å²) in [7, 11) is -1.52. The first-order valence-corrected chi connectivity index (χ1v) is 12.7. The molecule has 1 aliphatic rings. The molecule has 1 saturated heterocycles. The Labute approximate surface area is 203 Å². The molecular formula is C24H36N4O5S. The van der Waals surface area contributed by atoms with E-state index in [0.29, 0.717) is 49.0 Å². The van der Waals surface area contributed by atoms with Crippen LogP contribution in [0.2, 0.25) is 0 Å². The van der Waals surface area contributed by atoms with E-state index in [1.807, 2.05) is 39.5 Å². The number of ether oxygens (including phenoxy) is 2. The Balaban J connectivity index is 0.00000199. The molecule has 0 N–H and O–H groups in total. The molecule has 0 spiro atoms. The van der Waals surface area contributed by atoms with Crippen LogP contribution in [0.3, 0.4) is 0 Å². The summed E-state index contributed by atoms with van der Waals surface area (Å²) in [5.41, 5.74) is 1.07. The molecule has 3 heterocycles. The maximum atomic E-state index is 13.0. The Morgan fingerprint density at radius 1 is 1.21 bits per heavy atom. The van der Waals surface area contributed by atoms with Gasteiger partial charge in [0.15, 0.2) is 5.65 Å². The minimum atomic E-state index is -1.52. The highest BCUT2D eigenvalue weighted by Crippen LogP contribution is 2.20. The maximum absolute atomic E-state index is 13.0. The molecule has 0 bridgehead atoms. The largest absolute Gasteiger partial charge is 0.459 e. The second-order valence-corrected chi connectivity index (χ2v) is 10.8. The monoisotopic (exact) mass is 492 g/mol. The van der Waals surface area contributed by atoms with Crippen molar-refractivity contribution < 1.29 is 18.5 Å². The van der Waals surface area contributed by atoms with E-state index < -0.39 is 21.7 Å². The van der Waals surface area contributed by atoms with Crippen LogP contribution in [0.25, 0.3) is 5.65 Å². The number of carbonyl (C=O) groups excluding carboxylic acids is 1. The summed E-state index contributed by atoms with van der Waals surface area (Å²) in [5.74, 6) is -0.0288. The van der Waals surface area contributed by atoms with Crippen molar-refractivity contribution in [2.75, 3.05) is 31.2 Å². The number of pyridine rings is 1. The molecule has 34 heavy (non-hydrogen) atoms. The van der Waals surface area contributed by atoms with Crippen molar-refractivity contribution >= 4 is 34.1 Å². The first-order valence-electron chi connectivity index (χ1n) is 11.6. The molecule has 0 aromatic carbocycles. The fraction of sp³-hybridized carbons (Fsp3) is 0.583. The zero-order valence-corrected chi connectivity index (χ0v) is 22.2. The van der Waals surface area contributed by atoms with Crippen LogP contribution in [0.5, 0.6) is 0 Å². The number of nitrogens with zero attached hydrogens (tertiary/aromatic N) is 4. The molecule has 2 aromatic rings. The van der Waals surface area contributed by atoms with E-state index in [4.69, 9.17) is 14.5 Å². The van der Waals surface area contributed by atoms with Crippen LogP contribution in [0.15, 0.2) is 27.5 Å². The lowest BCUT2D eigenvalue weighted by atomic mass is 10.1. The summed E-state index contributed by atoms with van der Waals surface area (Å²) in [6, 6.07) is 3.04. The molecule has 9 nitrogen and oxygen atoms in total. The lowest BCUT2D eigenvalue weighted by Gasteiger charge is -2.28. The number of anilines is 1. The topological polar surface area (TPSA) is 103 Å². The van der Waals surface area contributed by atoms with E-state index in [1.165, 1.54) is 16.7 Å². The molecule has 2 aromatic heterocycles. The second kappa shape index (κ2) is 11.7. The fourth-order valence-corrected chi connectivity index (χ4v) is 3.74. The minimum Gasteiger partial charge on any atom is -0.459 e. The van der Waals surface area contributed by atoms with Gasteiger partial charge in [0.1, 0.15) is 16.8 Å². The van der Waals surface area contributed by atoms with Gasteiger partial charge in [-0.1, -0.05) is 13.8 Å². The third-order valence-corrected chi connectivity index (χ3v) is 6.28. The molecule has 0 radical (unpaired) electrons.